The monoisotopic (exact) mass is 628 g/mol. The van der Waals surface area contributed by atoms with E-state index < -0.39 is 18.1 Å². The first kappa shape index (κ1) is 36.4. The highest BCUT2D eigenvalue weighted by Crippen LogP contribution is 2.34. The van der Waals surface area contributed by atoms with Gasteiger partial charge in [0.15, 0.2) is 0 Å². The third-order valence-electron chi connectivity index (χ3n) is 8.15. The van der Waals surface area contributed by atoms with Crippen molar-refractivity contribution in [3.05, 3.63) is 89.5 Å². The molecule has 0 radical (unpaired) electrons. The van der Waals surface area contributed by atoms with Crippen molar-refractivity contribution in [2.75, 3.05) is 16.0 Å². The Bertz CT molecular complexity index is 1210. The van der Waals surface area contributed by atoms with E-state index in [2.05, 4.69) is 36.7 Å². The number of unbranched alkanes of at least 4 members (excludes halogenated alkanes) is 3. The van der Waals surface area contributed by atoms with Crippen LogP contribution in [0.1, 0.15) is 101 Å². The molecule has 0 fully saturated rings. The lowest BCUT2D eigenvalue weighted by atomic mass is 9.85. The smallest absolute Gasteiger partial charge is 0.241 e. The largest absolute Gasteiger partial charge is 0.325 e. The molecule has 248 valence electrons. The molecule has 0 aliphatic heterocycles. The Labute approximate surface area is 274 Å². The number of nitrogens with one attached hydrogen (secondary N) is 3. The number of amides is 3. The molecule has 0 saturated carbocycles. The SMILES string of the molecule is CCCC[C@H](N)C(=O)Nc1ccc(C(c2ccc(NC(=O)[C@@H](N)CCCC)cc2)c2ccc(NC(=O)[C@@H](N)CCCC)cc2)cc1. The van der Waals surface area contributed by atoms with Crippen molar-refractivity contribution in [2.45, 2.75) is 103 Å². The number of nitrogens with two attached hydrogens (primary N) is 3. The standard InChI is InChI=1S/C37H52N6O3/c1-4-7-10-31(38)35(44)41-28-19-13-25(14-20-28)34(26-15-21-29(22-16-26)42-36(45)32(39)11-8-5-2)27-17-23-30(24-18-27)43-37(46)33(40)12-9-6-3/h13-24,31-34H,4-12,38-40H2,1-3H3,(H,41,44)(H,42,45)(H,43,46)/t31-,32-,33-/m0/s1. The van der Waals surface area contributed by atoms with Gasteiger partial charge in [0.25, 0.3) is 0 Å². The van der Waals surface area contributed by atoms with Gasteiger partial charge in [-0.3, -0.25) is 14.4 Å². The van der Waals surface area contributed by atoms with Crippen molar-refractivity contribution in [3.63, 3.8) is 0 Å². The Hall–Kier alpha value is -4.05. The second-order valence-electron chi connectivity index (χ2n) is 12.0. The van der Waals surface area contributed by atoms with E-state index in [1.54, 1.807) is 0 Å². The van der Waals surface area contributed by atoms with Crippen LogP contribution in [0.25, 0.3) is 0 Å². The summed E-state index contributed by atoms with van der Waals surface area (Å²) in [6.45, 7) is 6.21. The molecule has 9 N–H and O–H groups in total. The number of benzene rings is 3. The molecule has 46 heavy (non-hydrogen) atoms. The Morgan fingerprint density at radius 1 is 0.478 bits per heavy atom. The average molecular weight is 629 g/mol. The Morgan fingerprint density at radius 3 is 0.935 bits per heavy atom. The summed E-state index contributed by atoms with van der Waals surface area (Å²) < 4.78 is 0. The van der Waals surface area contributed by atoms with Gasteiger partial charge in [0.1, 0.15) is 0 Å². The quantitative estimate of drug-likeness (QED) is 0.0913. The van der Waals surface area contributed by atoms with Crippen LogP contribution in [-0.4, -0.2) is 35.8 Å². The van der Waals surface area contributed by atoms with Gasteiger partial charge in [0.05, 0.1) is 18.1 Å². The van der Waals surface area contributed by atoms with Crippen LogP contribution in [0.5, 0.6) is 0 Å². The van der Waals surface area contributed by atoms with Gasteiger partial charge in [-0.05, 0) is 72.4 Å². The van der Waals surface area contributed by atoms with Gasteiger partial charge in [-0.1, -0.05) is 95.7 Å². The van der Waals surface area contributed by atoms with Crippen LogP contribution in [0.4, 0.5) is 17.1 Å². The van der Waals surface area contributed by atoms with Crippen LogP contribution in [0.15, 0.2) is 72.8 Å². The summed E-state index contributed by atoms with van der Waals surface area (Å²) in [5, 5.41) is 8.78. The van der Waals surface area contributed by atoms with Gasteiger partial charge in [-0.25, -0.2) is 0 Å². The van der Waals surface area contributed by atoms with Gasteiger partial charge >= 0.3 is 0 Å². The first-order valence-corrected chi connectivity index (χ1v) is 16.7. The molecule has 3 rings (SSSR count). The summed E-state index contributed by atoms with van der Waals surface area (Å²) in [5.74, 6) is -0.754. The van der Waals surface area contributed by atoms with E-state index in [0.717, 1.165) is 55.2 Å². The molecule has 0 aliphatic carbocycles. The van der Waals surface area contributed by atoms with E-state index in [1.165, 1.54) is 0 Å². The van der Waals surface area contributed by atoms with E-state index in [0.29, 0.717) is 36.3 Å². The summed E-state index contributed by atoms with van der Waals surface area (Å²) in [7, 11) is 0. The fourth-order valence-corrected chi connectivity index (χ4v) is 5.22. The van der Waals surface area contributed by atoms with Crippen molar-refractivity contribution >= 4 is 34.8 Å². The predicted molar refractivity (Wildman–Crippen MR) is 189 cm³/mol. The lowest BCUT2D eigenvalue weighted by Gasteiger charge is -2.21. The zero-order valence-electron chi connectivity index (χ0n) is 27.6. The molecule has 3 atom stereocenters. The number of carbonyl (C=O) groups is 3. The van der Waals surface area contributed by atoms with E-state index >= 15 is 0 Å². The zero-order valence-corrected chi connectivity index (χ0v) is 27.6. The minimum absolute atomic E-state index is 0.162. The maximum Gasteiger partial charge on any atom is 0.241 e. The van der Waals surface area contributed by atoms with Gasteiger partial charge in [0, 0.05) is 23.0 Å². The third-order valence-corrected chi connectivity index (χ3v) is 8.15. The van der Waals surface area contributed by atoms with E-state index in [9.17, 15) is 14.4 Å². The Morgan fingerprint density at radius 2 is 0.717 bits per heavy atom. The summed E-state index contributed by atoms with van der Waals surface area (Å²) in [5.41, 5.74) is 23.2. The van der Waals surface area contributed by atoms with Crippen LogP contribution in [0.2, 0.25) is 0 Å². The zero-order chi connectivity index (χ0) is 33.5. The molecule has 0 aliphatic rings. The van der Waals surface area contributed by atoms with Crippen LogP contribution in [-0.2, 0) is 14.4 Å². The van der Waals surface area contributed by atoms with Crippen molar-refractivity contribution in [3.8, 4) is 0 Å². The molecular weight excluding hydrogens is 576 g/mol. The highest BCUT2D eigenvalue weighted by Gasteiger charge is 2.20. The molecule has 0 heterocycles. The Kier molecular flexibility index (Phi) is 14.9. The fraction of sp³-hybridized carbons (Fsp3) is 0.432. The molecule has 9 nitrogen and oxygen atoms in total. The predicted octanol–water partition coefficient (Wildman–Crippen LogP) is 6.23. The maximum absolute atomic E-state index is 12.6. The topological polar surface area (TPSA) is 165 Å². The van der Waals surface area contributed by atoms with Crippen LogP contribution in [0.3, 0.4) is 0 Å². The highest BCUT2D eigenvalue weighted by atomic mass is 16.2. The average Bonchev–Trinajstić information content (AvgIpc) is 3.07. The number of hydrogen-bond donors (Lipinski definition) is 6. The molecular formula is C37H52N6O3. The van der Waals surface area contributed by atoms with Gasteiger partial charge in [-0.2, -0.15) is 0 Å². The van der Waals surface area contributed by atoms with Crippen molar-refractivity contribution in [2.24, 2.45) is 17.2 Å². The van der Waals surface area contributed by atoms with Crippen LogP contribution in [0, 0.1) is 0 Å². The summed E-state index contributed by atoms with van der Waals surface area (Å²) in [6, 6.07) is 21.6. The molecule has 0 spiro atoms. The third kappa shape index (κ3) is 11.1. The van der Waals surface area contributed by atoms with Crippen molar-refractivity contribution in [1.82, 2.24) is 0 Å². The Balaban J connectivity index is 1.85. The second kappa shape index (κ2) is 18.8. The summed E-state index contributed by atoms with van der Waals surface area (Å²) >= 11 is 0. The van der Waals surface area contributed by atoms with Crippen molar-refractivity contribution < 1.29 is 14.4 Å². The lowest BCUT2D eigenvalue weighted by Crippen LogP contribution is -2.35. The van der Waals surface area contributed by atoms with Gasteiger partial charge < -0.3 is 33.2 Å². The summed E-state index contributed by atoms with van der Waals surface area (Å²) in [6.07, 6.45) is 7.58. The van der Waals surface area contributed by atoms with Crippen LogP contribution < -0.4 is 33.2 Å². The molecule has 0 saturated heterocycles. The molecule has 0 aromatic heterocycles. The lowest BCUT2D eigenvalue weighted by molar-refractivity contribution is -0.118. The molecule has 3 aromatic rings. The highest BCUT2D eigenvalue weighted by molar-refractivity contribution is 5.95. The van der Waals surface area contributed by atoms with Crippen molar-refractivity contribution in [1.29, 1.82) is 0 Å². The van der Waals surface area contributed by atoms with Gasteiger partial charge in [-0.15, -0.1) is 0 Å². The first-order chi connectivity index (χ1) is 22.2. The molecule has 3 amide bonds. The molecule has 0 bridgehead atoms. The molecule has 0 unspecified atom stereocenters. The number of hydrogen-bond acceptors (Lipinski definition) is 6. The van der Waals surface area contributed by atoms with Crippen LogP contribution >= 0.6 is 0 Å². The van der Waals surface area contributed by atoms with Gasteiger partial charge in [0.2, 0.25) is 17.7 Å². The number of carbonyl (C=O) groups excluding carboxylic acids is 3. The van der Waals surface area contributed by atoms with E-state index in [1.807, 2.05) is 72.8 Å². The summed E-state index contributed by atoms with van der Waals surface area (Å²) in [4.78, 5) is 37.7. The minimum Gasteiger partial charge on any atom is -0.325 e. The minimum atomic E-state index is -0.548. The van der Waals surface area contributed by atoms with E-state index in [-0.39, 0.29) is 23.6 Å². The van der Waals surface area contributed by atoms with E-state index in [4.69, 9.17) is 17.2 Å². The molecule has 3 aromatic carbocycles. The first-order valence-electron chi connectivity index (χ1n) is 16.7. The second-order valence-corrected chi connectivity index (χ2v) is 12.0. The molecule has 9 heteroatoms. The fourth-order valence-electron chi connectivity index (χ4n) is 5.22. The maximum atomic E-state index is 12.6. The normalized spacial score (nSPS) is 13.1. The number of rotatable bonds is 18. The number of anilines is 3.